The van der Waals surface area contributed by atoms with Crippen molar-refractivity contribution in [2.75, 3.05) is 5.32 Å². The number of benzene rings is 1. The number of carbonyl (C=O) groups excluding carboxylic acids is 1. The molecule has 0 aliphatic heterocycles. The highest BCUT2D eigenvalue weighted by Crippen LogP contribution is 2.23. The molecular formula is C13H12BrN3O3S. The summed E-state index contributed by atoms with van der Waals surface area (Å²) in [5, 5.41) is 14.2. The molecule has 0 fully saturated rings. The lowest BCUT2D eigenvalue weighted by Crippen LogP contribution is -2.28. The predicted molar refractivity (Wildman–Crippen MR) is 83.8 cm³/mol. The molecule has 0 unspecified atom stereocenters. The minimum absolute atomic E-state index is 0.146. The number of hydrogen-bond donors (Lipinski definition) is 3. The van der Waals surface area contributed by atoms with E-state index in [1.165, 1.54) is 29.5 Å². The van der Waals surface area contributed by atoms with Gasteiger partial charge in [0.05, 0.1) is 29.0 Å². The Bertz CT molecular complexity index is 687. The number of anilines is 1. The SMILES string of the molecule is Cc1ncsc1CNC(=O)Nc1ccc(C(=O)O)cc1Br. The summed E-state index contributed by atoms with van der Waals surface area (Å²) in [6.45, 7) is 2.28. The van der Waals surface area contributed by atoms with Crippen molar-refractivity contribution in [1.82, 2.24) is 10.3 Å². The molecule has 3 N–H and O–H groups in total. The average Bonchev–Trinajstić information content (AvgIpc) is 2.84. The van der Waals surface area contributed by atoms with Crippen LogP contribution in [0, 0.1) is 6.92 Å². The van der Waals surface area contributed by atoms with Crippen LogP contribution in [0.1, 0.15) is 20.9 Å². The number of nitrogens with one attached hydrogen (secondary N) is 2. The van der Waals surface area contributed by atoms with Crippen molar-refractivity contribution in [3.05, 3.63) is 44.3 Å². The maximum Gasteiger partial charge on any atom is 0.335 e. The highest BCUT2D eigenvalue weighted by Gasteiger charge is 2.10. The van der Waals surface area contributed by atoms with Crippen LogP contribution >= 0.6 is 27.3 Å². The molecule has 1 heterocycles. The number of aryl methyl sites for hydroxylation is 1. The van der Waals surface area contributed by atoms with Gasteiger partial charge in [-0.3, -0.25) is 0 Å². The molecule has 0 atom stereocenters. The summed E-state index contributed by atoms with van der Waals surface area (Å²) in [4.78, 5) is 27.7. The van der Waals surface area contributed by atoms with Crippen LogP contribution in [-0.2, 0) is 6.54 Å². The maximum atomic E-state index is 11.8. The standard InChI is InChI=1S/C13H12BrN3O3S/c1-7-11(21-6-16-7)5-15-13(20)17-10-3-2-8(12(18)19)4-9(10)14/h2-4,6H,5H2,1H3,(H,18,19)(H2,15,17,20). The van der Waals surface area contributed by atoms with Crippen LogP contribution in [0.2, 0.25) is 0 Å². The van der Waals surface area contributed by atoms with Gasteiger partial charge < -0.3 is 15.7 Å². The van der Waals surface area contributed by atoms with E-state index in [0.29, 0.717) is 16.7 Å². The van der Waals surface area contributed by atoms with Gasteiger partial charge >= 0.3 is 12.0 Å². The summed E-state index contributed by atoms with van der Waals surface area (Å²) in [5.41, 5.74) is 3.27. The van der Waals surface area contributed by atoms with Crippen LogP contribution in [0.3, 0.4) is 0 Å². The zero-order chi connectivity index (χ0) is 15.4. The minimum Gasteiger partial charge on any atom is -0.478 e. The number of carboxylic acid groups (broad SMARTS) is 1. The molecule has 0 bridgehead atoms. The third-order valence-electron chi connectivity index (χ3n) is 2.72. The first-order valence-electron chi connectivity index (χ1n) is 5.94. The third-order valence-corrected chi connectivity index (χ3v) is 4.31. The number of amides is 2. The number of aromatic nitrogens is 1. The number of urea groups is 1. The molecule has 1 aromatic heterocycles. The summed E-state index contributed by atoms with van der Waals surface area (Å²) in [6.07, 6.45) is 0. The first-order valence-corrected chi connectivity index (χ1v) is 7.61. The molecule has 6 nitrogen and oxygen atoms in total. The normalized spacial score (nSPS) is 10.2. The Hall–Kier alpha value is -1.93. The number of aromatic carboxylic acids is 1. The minimum atomic E-state index is -1.02. The van der Waals surface area contributed by atoms with Crippen molar-refractivity contribution in [2.45, 2.75) is 13.5 Å². The van der Waals surface area contributed by atoms with E-state index in [1.807, 2.05) is 6.92 Å². The molecular weight excluding hydrogens is 358 g/mol. The monoisotopic (exact) mass is 369 g/mol. The molecule has 0 aliphatic rings. The van der Waals surface area contributed by atoms with E-state index >= 15 is 0 Å². The number of hydrogen-bond acceptors (Lipinski definition) is 4. The maximum absolute atomic E-state index is 11.8. The van der Waals surface area contributed by atoms with Gasteiger partial charge in [0, 0.05) is 9.35 Å². The molecule has 110 valence electrons. The number of thiazole rings is 1. The highest BCUT2D eigenvalue weighted by molar-refractivity contribution is 9.10. The van der Waals surface area contributed by atoms with Crippen LogP contribution in [0.4, 0.5) is 10.5 Å². The molecule has 2 aromatic rings. The summed E-state index contributed by atoms with van der Waals surface area (Å²) in [7, 11) is 0. The fourth-order valence-corrected chi connectivity index (χ4v) is 2.77. The Labute approximate surface area is 133 Å². The molecule has 21 heavy (non-hydrogen) atoms. The molecule has 2 rings (SSSR count). The molecule has 0 saturated carbocycles. The van der Waals surface area contributed by atoms with Crippen molar-refractivity contribution in [1.29, 1.82) is 0 Å². The van der Waals surface area contributed by atoms with Gasteiger partial charge in [-0.1, -0.05) is 0 Å². The molecule has 1 aromatic carbocycles. The largest absolute Gasteiger partial charge is 0.478 e. The predicted octanol–water partition coefficient (Wildman–Crippen LogP) is 3.23. The van der Waals surface area contributed by atoms with Crippen molar-refractivity contribution < 1.29 is 14.7 Å². The molecule has 2 amide bonds. The molecule has 8 heteroatoms. The number of nitrogens with zero attached hydrogens (tertiary/aromatic N) is 1. The van der Waals surface area contributed by atoms with E-state index in [9.17, 15) is 9.59 Å². The van der Waals surface area contributed by atoms with E-state index in [0.717, 1.165) is 10.6 Å². The zero-order valence-corrected chi connectivity index (χ0v) is 13.4. The lowest BCUT2D eigenvalue weighted by molar-refractivity contribution is 0.0697. The van der Waals surface area contributed by atoms with Gasteiger partial charge in [-0.15, -0.1) is 11.3 Å². The van der Waals surface area contributed by atoms with Gasteiger partial charge in [0.25, 0.3) is 0 Å². The van der Waals surface area contributed by atoms with Crippen molar-refractivity contribution >= 4 is 45.0 Å². The van der Waals surface area contributed by atoms with Crippen LogP contribution in [0.25, 0.3) is 0 Å². The Morgan fingerprint density at radius 1 is 1.43 bits per heavy atom. The topological polar surface area (TPSA) is 91.3 Å². The fourth-order valence-electron chi connectivity index (χ4n) is 1.57. The van der Waals surface area contributed by atoms with Crippen LogP contribution in [0.5, 0.6) is 0 Å². The Morgan fingerprint density at radius 3 is 2.76 bits per heavy atom. The van der Waals surface area contributed by atoms with Crippen molar-refractivity contribution in [2.24, 2.45) is 0 Å². The summed E-state index contributed by atoms with van der Waals surface area (Å²) in [5.74, 6) is -1.02. The lowest BCUT2D eigenvalue weighted by Gasteiger charge is -2.09. The van der Waals surface area contributed by atoms with Crippen molar-refractivity contribution in [3.63, 3.8) is 0 Å². The van der Waals surface area contributed by atoms with Gasteiger partial charge in [0.2, 0.25) is 0 Å². The Morgan fingerprint density at radius 2 is 2.19 bits per heavy atom. The second-order valence-electron chi connectivity index (χ2n) is 4.17. The summed E-state index contributed by atoms with van der Waals surface area (Å²) in [6, 6.07) is 4.03. The summed E-state index contributed by atoms with van der Waals surface area (Å²) >= 11 is 4.71. The number of rotatable bonds is 4. The zero-order valence-electron chi connectivity index (χ0n) is 11.0. The van der Waals surface area contributed by atoms with E-state index < -0.39 is 5.97 Å². The quantitative estimate of drug-likeness (QED) is 0.771. The Kier molecular flexibility index (Phi) is 4.92. The van der Waals surface area contributed by atoms with Crippen LogP contribution < -0.4 is 10.6 Å². The van der Waals surface area contributed by atoms with Gasteiger partial charge in [-0.25, -0.2) is 14.6 Å². The average molecular weight is 370 g/mol. The first kappa shape index (κ1) is 15.5. The second-order valence-corrected chi connectivity index (χ2v) is 5.96. The number of carboxylic acids is 1. The summed E-state index contributed by atoms with van der Waals surface area (Å²) < 4.78 is 0.506. The molecule has 0 radical (unpaired) electrons. The Balaban J connectivity index is 1.96. The van der Waals surface area contributed by atoms with E-state index in [1.54, 1.807) is 5.51 Å². The molecule has 0 saturated heterocycles. The smallest absolute Gasteiger partial charge is 0.335 e. The third kappa shape index (κ3) is 4.02. The van der Waals surface area contributed by atoms with E-state index in [4.69, 9.17) is 5.11 Å². The van der Waals surface area contributed by atoms with Gasteiger partial charge in [-0.2, -0.15) is 0 Å². The van der Waals surface area contributed by atoms with Crippen molar-refractivity contribution in [3.8, 4) is 0 Å². The fraction of sp³-hybridized carbons (Fsp3) is 0.154. The van der Waals surface area contributed by atoms with Gasteiger partial charge in [0.1, 0.15) is 0 Å². The van der Waals surface area contributed by atoms with E-state index in [-0.39, 0.29) is 11.6 Å². The highest BCUT2D eigenvalue weighted by atomic mass is 79.9. The first-order chi connectivity index (χ1) is 9.97. The van der Waals surface area contributed by atoms with Crippen LogP contribution in [0.15, 0.2) is 28.2 Å². The van der Waals surface area contributed by atoms with Gasteiger partial charge in [0.15, 0.2) is 0 Å². The number of halogens is 1. The second kappa shape index (κ2) is 6.68. The molecule has 0 aliphatic carbocycles. The van der Waals surface area contributed by atoms with Crippen LogP contribution in [-0.4, -0.2) is 22.1 Å². The number of carbonyl (C=O) groups is 2. The van der Waals surface area contributed by atoms with E-state index in [2.05, 4.69) is 31.5 Å². The molecule has 0 spiro atoms. The van der Waals surface area contributed by atoms with Gasteiger partial charge in [-0.05, 0) is 41.1 Å². The lowest BCUT2D eigenvalue weighted by atomic mass is 10.2.